The van der Waals surface area contributed by atoms with Crippen LogP contribution < -0.4 is 14.8 Å². The summed E-state index contributed by atoms with van der Waals surface area (Å²) in [6.45, 7) is 2.53. The summed E-state index contributed by atoms with van der Waals surface area (Å²) in [7, 11) is 4.93. The second-order valence-electron chi connectivity index (χ2n) is 4.50. The lowest BCUT2D eigenvalue weighted by atomic mass is 10.2. The average molecular weight is 302 g/mol. The number of hydrogen-bond donors (Lipinski definition) is 1. The Morgan fingerprint density at radius 3 is 2.50 bits per heavy atom. The zero-order valence-corrected chi connectivity index (χ0v) is 13.3. The van der Waals surface area contributed by atoms with Gasteiger partial charge in [0.05, 0.1) is 19.2 Å². The summed E-state index contributed by atoms with van der Waals surface area (Å²) in [5.74, 6) is 1.24. The van der Waals surface area contributed by atoms with Gasteiger partial charge in [-0.05, 0) is 37.4 Å². The van der Waals surface area contributed by atoms with Crippen molar-refractivity contribution in [2.24, 2.45) is 0 Å². The van der Waals surface area contributed by atoms with Gasteiger partial charge in [0.1, 0.15) is 0 Å². The Balaban J connectivity index is 2.40. The standard InChI is InChI=1S/C15H24ClNO3/c1-18-10-6-4-5-9-17-11-12-7-8-13(19-2)15(20-3)14(12)16/h7-8,17H,4-6,9-11H2,1-3H3. The molecule has 114 valence electrons. The largest absolute Gasteiger partial charge is 0.493 e. The van der Waals surface area contributed by atoms with Crippen LogP contribution in [0.25, 0.3) is 0 Å². The second-order valence-corrected chi connectivity index (χ2v) is 4.88. The summed E-state index contributed by atoms with van der Waals surface area (Å²) >= 11 is 6.31. The quantitative estimate of drug-likeness (QED) is 0.673. The molecule has 0 spiro atoms. The van der Waals surface area contributed by atoms with Gasteiger partial charge in [0.2, 0.25) is 0 Å². The number of halogens is 1. The molecule has 1 rings (SSSR count). The first-order chi connectivity index (χ1) is 9.74. The van der Waals surface area contributed by atoms with Gasteiger partial charge < -0.3 is 19.5 Å². The minimum Gasteiger partial charge on any atom is -0.493 e. The number of benzene rings is 1. The van der Waals surface area contributed by atoms with E-state index in [2.05, 4.69) is 5.32 Å². The highest BCUT2D eigenvalue weighted by Gasteiger charge is 2.12. The van der Waals surface area contributed by atoms with Crippen LogP contribution >= 0.6 is 11.6 Å². The van der Waals surface area contributed by atoms with Gasteiger partial charge in [-0.2, -0.15) is 0 Å². The lowest BCUT2D eigenvalue weighted by Crippen LogP contribution is -2.15. The third-order valence-electron chi connectivity index (χ3n) is 3.08. The van der Waals surface area contributed by atoms with Crippen LogP contribution in [0.4, 0.5) is 0 Å². The lowest BCUT2D eigenvalue weighted by Gasteiger charge is -2.13. The molecule has 0 amide bonds. The minimum atomic E-state index is 0.591. The van der Waals surface area contributed by atoms with Crippen molar-refractivity contribution in [1.29, 1.82) is 0 Å². The van der Waals surface area contributed by atoms with Crippen LogP contribution in [0.1, 0.15) is 24.8 Å². The Morgan fingerprint density at radius 2 is 1.85 bits per heavy atom. The van der Waals surface area contributed by atoms with Crippen LogP contribution in [0.15, 0.2) is 12.1 Å². The Labute approximate surface area is 126 Å². The second kappa shape index (κ2) is 9.86. The molecule has 20 heavy (non-hydrogen) atoms. The topological polar surface area (TPSA) is 39.7 Å². The van der Waals surface area contributed by atoms with Gasteiger partial charge in [-0.15, -0.1) is 0 Å². The van der Waals surface area contributed by atoms with Crippen molar-refractivity contribution in [3.63, 3.8) is 0 Å². The molecule has 0 unspecified atom stereocenters. The Bertz CT molecular complexity index is 399. The van der Waals surface area contributed by atoms with E-state index in [4.69, 9.17) is 25.8 Å². The van der Waals surface area contributed by atoms with E-state index in [-0.39, 0.29) is 0 Å². The summed E-state index contributed by atoms with van der Waals surface area (Å²) in [4.78, 5) is 0. The fraction of sp³-hybridized carbons (Fsp3) is 0.600. The molecule has 1 aromatic carbocycles. The van der Waals surface area contributed by atoms with Crippen molar-refractivity contribution >= 4 is 11.6 Å². The van der Waals surface area contributed by atoms with Gasteiger partial charge in [0.25, 0.3) is 0 Å². The fourth-order valence-corrected chi connectivity index (χ4v) is 2.26. The first kappa shape index (κ1) is 17.1. The maximum Gasteiger partial charge on any atom is 0.179 e. The number of ether oxygens (including phenoxy) is 3. The van der Waals surface area contributed by atoms with E-state index < -0.39 is 0 Å². The molecule has 0 atom stereocenters. The van der Waals surface area contributed by atoms with Crippen LogP contribution in [-0.2, 0) is 11.3 Å². The molecular weight excluding hydrogens is 278 g/mol. The van der Waals surface area contributed by atoms with Gasteiger partial charge in [-0.25, -0.2) is 0 Å². The average Bonchev–Trinajstić information content (AvgIpc) is 2.47. The molecule has 0 saturated heterocycles. The Hall–Kier alpha value is -0.970. The van der Waals surface area contributed by atoms with E-state index in [0.29, 0.717) is 16.5 Å². The van der Waals surface area contributed by atoms with Crippen LogP contribution in [-0.4, -0.2) is 34.5 Å². The first-order valence-corrected chi connectivity index (χ1v) is 7.21. The number of hydrogen-bond acceptors (Lipinski definition) is 4. The minimum absolute atomic E-state index is 0.591. The van der Waals surface area contributed by atoms with Gasteiger partial charge in [-0.1, -0.05) is 17.7 Å². The number of nitrogens with one attached hydrogen (secondary N) is 1. The smallest absolute Gasteiger partial charge is 0.179 e. The van der Waals surface area contributed by atoms with Gasteiger partial charge in [0, 0.05) is 20.3 Å². The highest BCUT2D eigenvalue weighted by molar-refractivity contribution is 6.33. The van der Waals surface area contributed by atoms with Crippen LogP contribution in [0, 0.1) is 0 Å². The predicted octanol–water partition coefficient (Wildman–Crippen LogP) is 3.26. The zero-order valence-electron chi connectivity index (χ0n) is 12.5. The van der Waals surface area contributed by atoms with Crippen LogP contribution in [0.2, 0.25) is 5.02 Å². The third kappa shape index (κ3) is 5.19. The van der Waals surface area contributed by atoms with Crippen LogP contribution in [0.3, 0.4) is 0 Å². The van der Waals surface area contributed by atoms with Crippen molar-refractivity contribution in [2.75, 3.05) is 34.5 Å². The van der Waals surface area contributed by atoms with Gasteiger partial charge in [0.15, 0.2) is 11.5 Å². The fourth-order valence-electron chi connectivity index (χ4n) is 1.96. The van der Waals surface area contributed by atoms with Gasteiger partial charge >= 0.3 is 0 Å². The molecule has 0 aliphatic carbocycles. The van der Waals surface area contributed by atoms with E-state index >= 15 is 0 Å². The summed E-state index contributed by atoms with van der Waals surface area (Å²) < 4.78 is 15.5. The molecule has 1 aromatic rings. The SMILES string of the molecule is COCCCCCNCc1ccc(OC)c(OC)c1Cl. The zero-order chi connectivity index (χ0) is 14.8. The van der Waals surface area contributed by atoms with Crippen molar-refractivity contribution < 1.29 is 14.2 Å². The highest BCUT2D eigenvalue weighted by atomic mass is 35.5. The molecule has 1 N–H and O–H groups in total. The van der Waals surface area contributed by atoms with E-state index in [0.717, 1.165) is 38.1 Å². The maximum absolute atomic E-state index is 6.31. The van der Waals surface area contributed by atoms with Gasteiger partial charge in [-0.3, -0.25) is 0 Å². The summed E-state index contributed by atoms with van der Waals surface area (Å²) in [6, 6.07) is 3.84. The van der Waals surface area contributed by atoms with E-state index in [1.54, 1.807) is 21.3 Å². The Kier molecular flexibility index (Phi) is 8.42. The summed E-state index contributed by atoms with van der Waals surface area (Å²) in [5.41, 5.74) is 1.02. The predicted molar refractivity (Wildman–Crippen MR) is 82.0 cm³/mol. The molecule has 0 aliphatic rings. The summed E-state index contributed by atoms with van der Waals surface area (Å²) in [6.07, 6.45) is 3.41. The molecule has 0 bridgehead atoms. The van der Waals surface area contributed by atoms with Crippen LogP contribution in [0.5, 0.6) is 11.5 Å². The van der Waals surface area contributed by atoms with E-state index in [9.17, 15) is 0 Å². The number of methoxy groups -OCH3 is 3. The monoisotopic (exact) mass is 301 g/mol. The molecule has 0 radical (unpaired) electrons. The van der Waals surface area contributed by atoms with E-state index in [1.807, 2.05) is 12.1 Å². The molecule has 0 heterocycles. The molecular formula is C15H24ClNO3. The molecule has 0 aliphatic heterocycles. The third-order valence-corrected chi connectivity index (χ3v) is 3.50. The lowest BCUT2D eigenvalue weighted by molar-refractivity contribution is 0.192. The van der Waals surface area contributed by atoms with E-state index in [1.165, 1.54) is 6.42 Å². The van der Waals surface area contributed by atoms with Crippen molar-refractivity contribution in [3.05, 3.63) is 22.7 Å². The highest BCUT2D eigenvalue weighted by Crippen LogP contribution is 2.37. The van der Waals surface area contributed by atoms with Crippen molar-refractivity contribution in [2.45, 2.75) is 25.8 Å². The van der Waals surface area contributed by atoms with Crippen molar-refractivity contribution in [1.82, 2.24) is 5.32 Å². The summed E-state index contributed by atoms with van der Waals surface area (Å²) in [5, 5.41) is 4.00. The number of rotatable bonds is 10. The molecule has 0 saturated carbocycles. The van der Waals surface area contributed by atoms with Crippen molar-refractivity contribution in [3.8, 4) is 11.5 Å². The normalized spacial score (nSPS) is 10.6. The molecule has 0 fully saturated rings. The first-order valence-electron chi connectivity index (χ1n) is 6.83. The molecule has 4 nitrogen and oxygen atoms in total. The Morgan fingerprint density at radius 1 is 1.05 bits per heavy atom. The maximum atomic E-state index is 6.31. The number of unbranched alkanes of at least 4 members (excludes halogenated alkanes) is 2. The molecule has 5 heteroatoms. The molecule has 0 aromatic heterocycles.